The molecule has 1 aliphatic rings. The van der Waals surface area contributed by atoms with Crippen LogP contribution in [0.1, 0.15) is 36.0 Å². The van der Waals surface area contributed by atoms with Crippen LogP contribution in [-0.4, -0.2) is 48.6 Å². The van der Waals surface area contributed by atoms with E-state index in [1.807, 2.05) is 17.8 Å². The van der Waals surface area contributed by atoms with Crippen LogP contribution in [0.25, 0.3) is 0 Å². The third kappa shape index (κ3) is 3.95. The topological polar surface area (TPSA) is 58.6 Å². The van der Waals surface area contributed by atoms with Gasteiger partial charge in [-0.25, -0.2) is 9.59 Å². The van der Waals surface area contributed by atoms with E-state index in [1.54, 1.807) is 4.90 Å². The third-order valence-corrected chi connectivity index (χ3v) is 5.81. The number of anilines is 1. The van der Waals surface area contributed by atoms with Gasteiger partial charge in [-0.05, 0) is 11.5 Å². The van der Waals surface area contributed by atoms with E-state index in [9.17, 15) is 9.59 Å². The smallest absolute Gasteiger partial charge is 0.340 e. The highest BCUT2D eigenvalue weighted by Gasteiger charge is 2.26. The maximum atomic E-state index is 12.3. The Bertz CT molecular complexity index is 558. The Labute approximate surface area is 139 Å². The van der Waals surface area contributed by atoms with Crippen molar-refractivity contribution < 1.29 is 14.3 Å². The Hall–Kier alpha value is -1.21. The number of nitrogens with zero attached hydrogens (tertiary/aromatic N) is 1. The summed E-state index contributed by atoms with van der Waals surface area (Å²) in [5, 5.41) is 3.45. The average Bonchev–Trinajstić information content (AvgIpc) is 2.91. The molecule has 0 atom stereocenters. The van der Waals surface area contributed by atoms with Crippen molar-refractivity contribution in [2.24, 2.45) is 0 Å². The summed E-state index contributed by atoms with van der Waals surface area (Å²) >= 11 is 3.29. The van der Waals surface area contributed by atoms with E-state index in [0.29, 0.717) is 10.6 Å². The van der Waals surface area contributed by atoms with Gasteiger partial charge in [0.05, 0.1) is 12.7 Å². The minimum Gasteiger partial charge on any atom is -0.465 e. The number of rotatable bonds is 2. The zero-order valence-electron chi connectivity index (χ0n) is 13.4. The predicted octanol–water partition coefficient (Wildman–Crippen LogP) is 3.41. The maximum absolute atomic E-state index is 12.3. The largest absolute Gasteiger partial charge is 0.465 e. The molecule has 1 N–H and O–H groups in total. The van der Waals surface area contributed by atoms with Gasteiger partial charge >= 0.3 is 12.0 Å². The van der Waals surface area contributed by atoms with Gasteiger partial charge < -0.3 is 9.64 Å². The molecule has 22 heavy (non-hydrogen) atoms. The number of methoxy groups -OCH3 is 1. The normalized spacial score (nSPS) is 15.5. The Balaban J connectivity index is 2.22. The summed E-state index contributed by atoms with van der Waals surface area (Å²) < 4.78 is 4.83. The number of amides is 2. The molecule has 2 amide bonds. The van der Waals surface area contributed by atoms with Gasteiger partial charge in [0, 0.05) is 29.5 Å². The quantitative estimate of drug-likeness (QED) is 0.837. The molecule has 1 fully saturated rings. The standard InChI is InChI=1S/C15H22N2O3S2/c1-15(2,3)11-9-10(13(18)20-4)12(22-11)16-14(19)17-5-7-21-8-6-17/h9H,5-8H2,1-4H3,(H,16,19). The fourth-order valence-electron chi connectivity index (χ4n) is 2.06. The van der Waals surface area contributed by atoms with E-state index in [2.05, 4.69) is 26.1 Å². The molecule has 1 aromatic rings. The zero-order chi connectivity index (χ0) is 16.3. The number of thioether (sulfide) groups is 1. The Kier molecular flexibility index (Phi) is 5.39. The molecule has 1 aliphatic heterocycles. The van der Waals surface area contributed by atoms with Gasteiger partial charge in [-0.2, -0.15) is 11.8 Å². The molecule has 0 bridgehead atoms. The molecule has 1 aromatic heterocycles. The number of ether oxygens (including phenoxy) is 1. The molecule has 0 aliphatic carbocycles. The van der Waals surface area contributed by atoms with Crippen LogP contribution >= 0.6 is 23.1 Å². The summed E-state index contributed by atoms with van der Waals surface area (Å²) in [6, 6.07) is 1.67. The van der Waals surface area contributed by atoms with Gasteiger partial charge in [0.1, 0.15) is 5.00 Å². The molecular formula is C15H22N2O3S2. The van der Waals surface area contributed by atoms with Gasteiger partial charge in [0.25, 0.3) is 0 Å². The number of carbonyl (C=O) groups is 2. The van der Waals surface area contributed by atoms with Gasteiger partial charge in [0.2, 0.25) is 0 Å². The first-order chi connectivity index (χ1) is 10.3. The number of nitrogens with one attached hydrogen (secondary N) is 1. The molecule has 2 rings (SSSR count). The molecule has 2 heterocycles. The van der Waals surface area contributed by atoms with E-state index in [4.69, 9.17) is 4.74 Å². The molecular weight excluding hydrogens is 320 g/mol. The zero-order valence-corrected chi connectivity index (χ0v) is 15.0. The van der Waals surface area contributed by atoms with Gasteiger partial charge in [-0.3, -0.25) is 5.32 Å². The lowest BCUT2D eigenvalue weighted by molar-refractivity contribution is 0.0602. The molecule has 0 radical (unpaired) electrons. The highest BCUT2D eigenvalue weighted by molar-refractivity contribution is 7.99. The van der Waals surface area contributed by atoms with E-state index >= 15 is 0 Å². The number of thiophene rings is 1. The number of carbonyl (C=O) groups excluding carboxylic acids is 2. The Morgan fingerprint density at radius 1 is 1.27 bits per heavy atom. The highest BCUT2D eigenvalue weighted by Crippen LogP contribution is 2.36. The molecule has 5 nitrogen and oxygen atoms in total. The van der Waals surface area contributed by atoms with Crippen LogP contribution in [0.4, 0.5) is 9.80 Å². The highest BCUT2D eigenvalue weighted by atomic mass is 32.2. The maximum Gasteiger partial charge on any atom is 0.340 e. The predicted molar refractivity (Wildman–Crippen MR) is 92.3 cm³/mol. The first-order valence-corrected chi connectivity index (χ1v) is 9.16. The minimum atomic E-state index is -0.420. The molecule has 0 saturated carbocycles. The summed E-state index contributed by atoms with van der Waals surface area (Å²) in [6.07, 6.45) is 0. The monoisotopic (exact) mass is 342 g/mol. The van der Waals surface area contributed by atoms with E-state index in [1.165, 1.54) is 18.4 Å². The van der Waals surface area contributed by atoms with Crippen molar-refractivity contribution in [3.8, 4) is 0 Å². The fourth-order valence-corrected chi connectivity index (χ4v) is 4.05. The summed E-state index contributed by atoms with van der Waals surface area (Å²) in [4.78, 5) is 27.1. The van der Waals surface area contributed by atoms with Crippen molar-refractivity contribution in [2.75, 3.05) is 37.0 Å². The first-order valence-electron chi connectivity index (χ1n) is 7.19. The summed E-state index contributed by atoms with van der Waals surface area (Å²) in [5.74, 6) is 1.49. The lowest BCUT2D eigenvalue weighted by Crippen LogP contribution is -2.40. The van der Waals surface area contributed by atoms with Crippen LogP contribution < -0.4 is 5.32 Å². The van der Waals surface area contributed by atoms with Crippen molar-refractivity contribution in [2.45, 2.75) is 26.2 Å². The van der Waals surface area contributed by atoms with Crippen molar-refractivity contribution in [3.63, 3.8) is 0 Å². The molecule has 0 aromatic carbocycles. The summed E-state index contributed by atoms with van der Waals surface area (Å²) in [6.45, 7) is 7.71. The van der Waals surface area contributed by atoms with Crippen LogP contribution in [-0.2, 0) is 10.2 Å². The lowest BCUT2D eigenvalue weighted by atomic mass is 9.94. The summed E-state index contributed by atoms with van der Waals surface area (Å²) in [5.41, 5.74) is 0.343. The second-order valence-electron chi connectivity index (χ2n) is 6.12. The van der Waals surface area contributed by atoms with Crippen LogP contribution in [0, 0.1) is 0 Å². The van der Waals surface area contributed by atoms with Gasteiger partial charge in [-0.15, -0.1) is 11.3 Å². The van der Waals surface area contributed by atoms with Crippen LogP contribution in [0.2, 0.25) is 0 Å². The van der Waals surface area contributed by atoms with Crippen molar-refractivity contribution >= 4 is 40.1 Å². The lowest BCUT2D eigenvalue weighted by Gasteiger charge is -2.26. The van der Waals surface area contributed by atoms with Crippen molar-refractivity contribution in [1.29, 1.82) is 0 Å². The van der Waals surface area contributed by atoms with Crippen molar-refractivity contribution in [3.05, 3.63) is 16.5 Å². The molecule has 0 unspecified atom stereocenters. The summed E-state index contributed by atoms with van der Waals surface area (Å²) in [7, 11) is 1.35. The van der Waals surface area contributed by atoms with Crippen LogP contribution in [0.15, 0.2) is 6.07 Å². The van der Waals surface area contributed by atoms with E-state index in [0.717, 1.165) is 29.5 Å². The average molecular weight is 342 g/mol. The second kappa shape index (κ2) is 6.91. The van der Waals surface area contributed by atoms with E-state index in [-0.39, 0.29) is 11.4 Å². The van der Waals surface area contributed by atoms with Gasteiger partial charge in [0.15, 0.2) is 0 Å². The SMILES string of the molecule is COC(=O)c1cc(C(C)(C)C)sc1NC(=O)N1CCSCC1. The first kappa shape index (κ1) is 17.1. The number of urea groups is 1. The number of hydrogen-bond donors (Lipinski definition) is 1. The Morgan fingerprint density at radius 2 is 1.91 bits per heavy atom. The number of hydrogen-bond acceptors (Lipinski definition) is 5. The minimum absolute atomic E-state index is 0.0851. The van der Waals surface area contributed by atoms with Gasteiger partial charge in [-0.1, -0.05) is 20.8 Å². The second-order valence-corrected chi connectivity index (χ2v) is 8.40. The molecule has 1 saturated heterocycles. The third-order valence-electron chi connectivity index (χ3n) is 3.40. The molecule has 122 valence electrons. The molecule has 7 heteroatoms. The fraction of sp³-hybridized carbons (Fsp3) is 0.600. The van der Waals surface area contributed by atoms with Crippen LogP contribution in [0.5, 0.6) is 0 Å². The van der Waals surface area contributed by atoms with E-state index < -0.39 is 5.97 Å². The van der Waals surface area contributed by atoms with Crippen LogP contribution in [0.3, 0.4) is 0 Å². The molecule has 0 spiro atoms. The number of esters is 1. The van der Waals surface area contributed by atoms with Crippen molar-refractivity contribution in [1.82, 2.24) is 4.90 Å². The Morgan fingerprint density at radius 3 is 2.45 bits per heavy atom.